The fourth-order valence-corrected chi connectivity index (χ4v) is 44.0. The van der Waals surface area contributed by atoms with Gasteiger partial charge in [0.05, 0.1) is 9.52 Å². The average molecular weight is 701 g/mol. The quantitative estimate of drug-likeness (QED) is 0.0869. The third-order valence-electron chi connectivity index (χ3n) is 8.32. The van der Waals surface area contributed by atoms with Gasteiger partial charge in [-0.05, 0) is 123 Å². The predicted octanol–water partition coefficient (Wildman–Crippen LogP) is 7.29. The van der Waals surface area contributed by atoms with Gasteiger partial charge >= 0.3 is 25.7 Å². The van der Waals surface area contributed by atoms with Crippen molar-refractivity contribution in [1.29, 1.82) is 0 Å². The van der Waals surface area contributed by atoms with E-state index < -0.39 is 50.6 Å². The standard InChI is InChI=1S/C27H72N2O5Si7/c1-19-28(20-2)27(29(21-3)22-4)35-24-25-36(7,8)31-39(13,14)33-41(17,18)34-40(15,16)32-38(11,12)26(6)37(9,10)30-23-5/h26-27H,19-25,35H2,1-18H3. The average Bonchev–Trinajstić information content (AvgIpc) is 2.76. The van der Waals surface area contributed by atoms with Crippen LogP contribution in [0.25, 0.3) is 0 Å². The molecule has 248 valence electrons. The molecule has 0 spiro atoms. The van der Waals surface area contributed by atoms with E-state index in [9.17, 15) is 0 Å². The topological polar surface area (TPSA) is 52.6 Å². The number of nitrogens with zero attached hydrogens (tertiary/aromatic N) is 2. The van der Waals surface area contributed by atoms with E-state index in [0.29, 0.717) is 11.0 Å². The first-order valence-electron chi connectivity index (χ1n) is 16.4. The minimum Gasteiger partial charge on any atom is -0.436 e. The molecule has 0 aliphatic rings. The fourth-order valence-electron chi connectivity index (χ4n) is 6.62. The van der Waals surface area contributed by atoms with Crippen LogP contribution in [0.3, 0.4) is 0 Å². The third-order valence-corrected chi connectivity index (χ3v) is 38.4. The van der Waals surface area contributed by atoms with Gasteiger partial charge in [0.25, 0.3) is 0 Å². The van der Waals surface area contributed by atoms with E-state index in [2.05, 4.69) is 130 Å². The van der Waals surface area contributed by atoms with Gasteiger partial charge in [0.1, 0.15) is 0 Å². The second kappa shape index (κ2) is 17.2. The molecule has 0 heterocycles. The molecule has 1 unspecified atom stereocenters. The maximum atomic E-state index is 6.97. The molecule has 0 bridgehead atoms. The van der Waals surface area contributed by atoms with Crippen molar-refractivity contribution >= 4 is 60.2 Å². The predicted molar refractivity (Wildman–Crippen MR) is 198 cm³/mol. The highest BCUT2D eigenvalue weighted by Crippen LogP contribution is 2.36. The zero-order valence-electron chi connectivity index (χ0n) is 30.7. The Labute approximate surface area is 265 Å². The van der Waals surface area contributed by atoms with Crippen molar-refractivity contribution in [3.63, 3.8) is 0 Å². The molecule has 0 radical (unpaired) electrons. The molecule has 0 aliphatic carbocycles. The lowest BCUT2D eigenvalue weighted by molar-refractivity contribution is 0.115. The lowest BCUT2D eigenvalue weighted by atomic mass is 10.5. The summed E-state index contributed by atoms with van der Waals surface area (Å²) in [4.78, 5) is 5.33. The molecule has 7 nitrogen and oxygen atoms in total. The van der Waals surface area contributed by atoms with E-state index in [1.165, 1.54) is 12.1 Å². The smallest absolute Gasteiger partial charge is 0.314 e. The molecule has 0 aliphatic heterocycles. The molecule has 0 aromatic carbocycles. The molecule has 1 atom stereocenters. The van der Waals surface area contributed by atoms with E-state index in [4.69, 9.17) is 20.9 Å². The largest absolute Gasteiger partial charge is 0.436 e. The van der Waals surface area contributed by atoms with Gasteiger partial charge in [-0.1, -0.05) is 40.7 Å². The van der Waals surface area contributed by atoms with Gasteiger partial charge in [0.2, 0.25) is 0 Å². The lowest BCUT2D eigenvalue weighted by Crippen LogP contribution is -2.60. The van der Waals surface area contributed by atoms with Crippen molar-refractivity contribution in [3.05, 3.63) is 0 Å². The van der Waals surface area contributed by atoms with E-state index in [1.54, 1.807) is 0 Å². The van der Waals surface area contributed by atoms with Gasteiger partial charge in [0, 0.05) is 12.4 Å². The minimum atomic E-state index is -2.47. The Morgan fingerprint density at radius 3 is 1.34 bits per heavy atom. The van der Waals surface area contributed by atoms with Crippen molar-refractivity contribution in [3.8, 4) is 0 Å². The summed E-state index contributed by atoms with van der Waals surface area (Å²) in [5, 5.41) is 0.462. The molecule has 14 heteroatoms. The molecule has 0 aromatic rings. The summed E-state index contributed by atoms with van der Waals surface area (Å²) in [6, 6.07) is 2.53. The van der Waals surface area contributed by atoms with E-state index >= 15 is 0 Å². The fraction of sp³-hybridized carbons (Fsp3) is 1.00. The van der Waals surface area contributed by atoms with Crippen LogP contribution in [0, 0.1) is 0 Å². The van der Waals surface area contributed by atoms with Crippen molar-refractivity contribution in [2.75, 3.05) is 32.8 Å². The normalized spacial score (nSPS) is 15.7. The van der Waals surface area contributed by atoms with Crippen LogP contribution in [0.15, 0.2) is 0 Å². The summed E-state index contributed by atoms with van der Waals surface area (Å²) in [6.45, 7) is 46.2. The van der Waals surface area contributed by atoms with E-state index in [0.717, 1.165) is 32.8 Å². The van der Waals surface area contributed by atoms with Crippen molar-refractivity contribution in [1.82, 2.24) is 9.80 Å². The summed E-state index contributed by atoms with van der Waals surface area (Å²) < 4.78 is 33.9. The molecule has 0 N–H and O–H groups in total. The zero-order valence-corrected chi connectivity index (χ0v) is 38.2. The molecule has 0 saturated carbocycles. The van der Waals surface area contributed by atoms with E-state index in [1.807, 2.05) is 0 Å². The highest BCUT2D eigenvalue weighted by Gasteiger charge is 2.49. The van der Waals surface area contributed by atoms with Gasteiger partial charge in [0.15, 0.2) is 25.0 Å². The van der Waals surface area contributed by atoms with Crippen LogP contribution < -0.4 is 0 Å². The molecule has 0 amide bonds. The Bertz CT molecular complexity index is 738. The second-order valence-electron chi connectivity index (χ2n) is 14.5. The van der Waals surface area contributed by atoms with Crippen LogP contribution in [0.5, 0.6) is 0 Å². The van der Waals surface area contributed by atoms with Crippen LogP contribution in [0.4, 0.5) is 0 Å². The SMILES string of the molecule is CCO[Si](C)(C)C(C)[Si](C)(C)O[Si](C)(C)O[Si](C)(C)O[Si](C)(C)O[Si](C)(C)CC[SiH2]C(N(CC)CC)N(CC)CC. The molecule has 0 rings (SSSR count). The van der Waals surface area contributed by atoms with Crippen LogP contribution in [0.2, 0.25) is 95.8 Å². The molecular weight excluding hydrogens is 629 g/mol. The van der Waals surface area contributed by atoms with Gasteiger partial charge in [-0.15, -0.1) is 0 Å². The highest BCUT2D eigenvalue weighted by atomic mass is 28.5. The summed E-state index contributed by atoms with van der Waals surface area (Å²) >= 11 is 0. The maximum absolute atomic E-state index is 6.97. The molecule has 0 aromatic heterocycles. The molecule has 41 heavy (non-hydrogen) atoms. The number of hydrogen-bond acceptors (Lipinski definition) is 7. The van der Waals surface area contributed by atoms with Crippen LogP contribution in [-0.2, 0) is 20.9 Å². The van der Waals surface area contributed by atoms with Crippen LogP contribution in [-0.4, -0.2) is 109 Å². The first-order chi connectivity index (χ1) is 18.4. The number of hydrogen-bond donors (Lipinski definition) is 0. The molecular formula is C27H72N2O5Si7. The van der Waals surface area contributed by atoms with Gasteiger partial charge < -0.3 is 20.9 Å². The first kappa shape index (κ1) is 42.2. The van der Waals surface area contributed by atoms with Crippen molar-refractivity contribution < 1.29 is 20.9 Å². The van der Waals surface area contributed by atoms with Crippen molar-refractivity contribution in [2.45, 2.75) is 143 Å². The summed E-state index contributed by atoms with van der Waals surface area (Å²) in [5.74, 6) is 0.649. The first-order valence-corrected chi connectivity index (χ1v) is 35.7. The van der Waals surface area contributed by atoms with Crippen LogP contribution >= 0.6 is 0 Å². The Kier molecular flexibility index (Phi) is 17.8. The van der Waals surface area contributed by atoms with Gasteiger partial charge in [-0.25, -0.2) is 0 Å². The highest BCUT2D eigenvalue weighted by molar-refractivity contribution is 6.96. The minimum absolute atomic E-state index is 0.289. The van der Waals surface area contributed by atoms with Gasteiger partial charge in [-0.2, -0.15) is 0 Å². The second-order valence-corrected chi connectivity index (χ2v) is 41.3. The summed E-state index contributed by atoms with van der Waals surface area (Å²) in [7, 11) is -13.3. The lowest BCUT2D eigenvalue weighted by Gasteiger charge is -2.45. The van der Waals surface area contributed by atoms with Gasteiger partial charge in [-0.3, -0.25) is 9.80 Å². The Morgan fingerprint density at radius 1 is 0.561 bits per heavy atom. The monoisotopic (exact) mass is 700 g/mol. The van der Waals surface area contributed by atoms with E-state index in [-0.39, 0.29) is 9.52 Å². The van der Waals surface area contributed by atoms with Crippen LogP contribution in [0.1, 0.15) is 41.5 Å². The summed E-state index contributed by atoms with van der Waals surface area (Å²) in [6.07, 6.45) is 0. The molecule has 0 saturated heterocycles. The third kappa shape index (κ3) is 15.4. The zero-order chi connectivity index (χ0) is 32.5. The summed E-state index contributed by atoms with van der Waals surface area (Å²) in [5.41, 5.74) is 0. The molecule has 0 fully saturated rings. The Morgan fingerprint density at radius 2 is 0.951 bits per heavy atom. The Balaban J connectivity index is 5.35. The number of rotatable bonds is 22. The Hall–Kier alpha value is 1.24. The maximum Gasteiger partial charge on any atom is 0.314 e. The van der Waals surface area contributed by atoms with Crippen molar-refractivity contribution in [2.24, 2.45) is 0 Å².